The Bertz CT molecular complexity index is 836. The van der Waals surface area contributed by atoms with Gasteiger partial charge < -0.3 is 10.6 Å². The first kappa shape index (κ1) is 20.5. The van der Waals surface area contributed by atoms with Crippen LogP contribution in [0, 0.1) is 11.2 Å². The predicted molar refractivity (Wildman–Crippen MR) is 115 cm³/mol. The largest absolute Gasteiger partial charge is 0.356 e. The van der Waals surface area contributed by atoms with E-state index in [1.165, 1.54) is 12.1 Å². The third-order valence-electron chi connectivity index (χ3n) is 3.97. The highest BCUT2D eigenvalue weighted by Gasteiger charge is 2.16. The molecule has 0 aromatic heterocycles. The lowest BCUT2D eigenvalue weighted by Gasteiger charge is -2.13. The number of anilines is 1. The van der Waals surface area contributed by atoms with E-state index >= 15 is 0 Å². The number of rotatable bonds is 8. The number of hydrogen-bond acceptors (Lipinski definition) is 2. The van der Waals surface area contributed by atoms with Crippen LogP contribution in [0.1, 0.15) is 34.1 Å². The van der Waals surface area contributed by atoms with E-state index < -0.39 is 0 Å². The number of nitrogens with one attached hydrogen (secondary N) is 2. The van der Waals surface area contributed by atoms with Gasteiger partial charge >= 0.3 is 0 Å². The van der Waals surface area contributed by atoms with Gasteiger partial charge in [0.2, 0.25) is 0 Å². The predicted octanol–water partition coefficient (Wildman–Crippen LogP) is 6.62. The minimum absolute atomic E-state index is 0.0468. The summed E-state index contributed by atoms with van der Waals surface area (Å²) in [5.74, 6) is -0.279. The molecule has 1 aliphatic carbocycles. The Morgan fingerprint density at radius 2 is 2.00 bits per heavy atom. The third-order valence-corrected chi connectivity index (χ3v) is 3.97. The summed E-state index contributed by atoms with van der Waals surface area (Å²) in [6.45, 7) is 12.6. The Hall–Kier alpha value is -2.81. The van der Waals surface area contributed by atoms with Crippen molar-refractivity contribution in [3.05, 3.63) is 102 Å². The monoisotopic (exact) mass is 364 g/mol. The second kappa shape index (κ2) is 9.22. The molecule has 0 unspecified atom stereocenters. The van der Waals surface area contributed by atoms with Crippen LogP contribution in [0.4, 0.5) is 10.1 Å². The molecule has 0 saturated heterocycles. The summed E-state index contributed by atoms with van der Waals surface area (Å²) in [6.07, 6.45) is 15.7. The number of halogens is 1. The third kappa shape index (κ3) is 7.14. The fraction of sp³-hybridized carbons (Fsp3) is 0.250. The van der Waals surface area contributed by atoms with Gasteiger partial charge in [0.15, 0.2) is 0 Å². The number of benzene rings is 1. The second-order valence-electron chi connectivity index (χ2n) is 7.34. The maximum Gasteiger partial charge on any atom is 0.125 e. The van der Waals surface area contributed by atoms with Gasteiger partial charge in [0.25, 0.3) is 0 Å². The van der Waals surface area contributed by atoms with E-state index in [4.69, 9.17) is 0 Å². The first-order valence-corrected chi connectivity index (χ1v) is 9.24. The summed E-state index contributed by atoms with van der Waals surface area (Å²) < 4.78 is 13.4. The lowest BCUT2D eigenvalue weighted by molar-refractivity contribution is 0.628. The Balaban J connectivity index is 2.22. The minimum Gasteiger partial charge on any atom is -0.356 e. The van der Waals surface area contributed by atoms with E-state index in [1.807, 2.05) is 12.1 Å². The van der Waals surface area contributed by atoms with Crippen LogP contribution in [0.15, 0.2) is 96.0 Å². The van der Waals surface area contributed by atoms with Crippen LogP contribution >= 0.6 is 0 Å². The minimum atomic E-state index is -0.279. The first-order valence-electron chi connectivity index (χ1n) is 9.24. The molecule has 0 atom stereocenters. The van der Waals surface area contributed by atoms with Crippen LogP contribution in [-0.4, -0.2) is 0 Å². The second-order valence-corrected chi connectivity index (χ2v) is 7.34. The fourth-order valence-corrected chi connectivity index (χ4v) is 2.73. The molecule has 0 radical (unpaired) electrons. The standard InChI is InChI=1S/C24H29FN2/c1-6-7-9-18(2)14-23(27-22-12-13-24(4,5)17-22)15-19(3)26-21-11-8-10-20(25)16-21/h7-17,26-27H,3,6H2,1-2,4-5H3/b9-7-,18-14+,23-15+. The van der Waals surface area contributed by atoms with Crippen molar-refractivity contribution < 1.29 is 4.39 Å². The fourth-order valence-electron chi connectivity index (χ4n) is 2.73. The summed E-state index contributed by atoms with van der Waals surface area (Å²) >= 11 is 0. The Morgan fingerprint density at radius 3 is 2.63 bits per heavy atom. The van der Waals surface area contributed by atoms with Crippen molar-refractivity contribution in [2.45, 2.75) is 34.1 Å². The molecule has 2 N–H and O–H groups in total. The highest BCUT2D eigenvalue weighted by atomic mass is 19.1. The van der Waals surface area contributed by atoms with E-state index in [2.05, 4.69) is 81.4 Å². The van der Waals surface area contributed by atoms with Crippen LogP contribution in [0.2, 0.25) is 0 Å². The van der Waals surface area contributed by atoms with Gasteiger partial charge in [-0.3, -0.25) is 0 Å². The van der Waals surface area contributed by atoms with Crippen molar-refractivity contribution >= 4 is 5.69 Å². The molecule has 142 valence electrons. The van der Waals surface area contributed by atoms with Crippen LogP contribution in [0.25, 0.3) is 0 Å². The zero-order valence-corrected chi connectivity index (χ0v) is 16.6. The zero-order chi connectivity index (χ0) is 19.9. The molecular formula is C24H29FN2. The van der Waals surface area contributed by atoms with Crippen molar-refractivity contribution in [1.82, 2.24) is 5.32 Å². The van der Waals surface area contributed by atoms with Gasteiger partial charge in [-0.2, -0.15) is 0 Å². The molecule has 2 rings (SSSR count). The van der Waals surface area contributed by atoms with Gasteiger partial charge in [0, 0.05) is 28.2 Å². The topological polar surface area (TPSA) is 24.1 Å². The SMILES string of the molecule is C=C(\C=C(/C=C(C)/C=C\CC)NC1=CC(C)(C)C=C1)Nc1cccc(F)c1. The van der Waals surface area contributed by atoms with E-state index in [9.17, 15) is 4.39 Å². The van der Waals surface area contributed by atoms with Crippen molar-refractivity contribution in [3.8, 4) is 0 Å². The quantitative estimate of drug-likeness (QED) is 0.507. The average Bonchev–Trinajstić information content (AvgIpc) is 2.91. The van der Waals surface area contributed by atoms with Crippen LogP contribution in [-0.2, 0) is 0 Å². The van der Waals surface area contributed by atoms with Gasteiger partial charge in [0.1, 0.15) is 5.82 Å². The molecule has 0 amide bonds. The molecule has 1 aliphatic rings. The Morgan fingerprint density at radius 1 is 1.22 bits per heavy atom. The van der Waals surface area contributed by atoms with E-state index in [0.717, 1.165) is 23.4 Å². The van der Waals surface area contributed by atoms with Gasteiger partial charge in [-0.25, -0.2) is 4.39 Å². The van der Waals surface area contributed by atoms with Crippen molar-refractivity contribution in [2.75, 3.05) is 5.32 Å². The summed E-state index contributed by atoms with van der Waals surface area (Å²) in [5.41, 5.74) is 4.49. The first-order chi connectivity index (χ1) is 12.8. The zero-order valence-electron chi connectivity index (χ0n) is 16.6. The highest BCUT2D eigenvalue weighted by Crippen LogP contribution is 2.27. The number of allylic oxidation sites excluding steroid dienone is 8. The van der Waals surface area contributed by atoms with Gasteiger partial charge in [0.05, 0.1) is 0 Å². The van der Waals surface area contributed by atoms with E-state index in [1.54, 1.807) is 6.07 Å². The number of hydrogen-bond donors (Lipinski definition) is 2. The maximum atomic E-state index is 13.4. The molecule has 0 bridgehead atoms. The summed E-state index contributed by atoms with van der Waals surface area (Å²) in [6, 6.07) is 6.35. The summed E-state index contributed by atoms with van der Waals surface area (Å²) in [7, 11) is 0. The van der Waals surface area contributed by atoms with Crippen LogP contribution < -0.4 is 10.6 Å². The molecule has 0 spiro atoms. The van der Waals surface area contributed by atoms with E-state index in [-0.39, 0.29) is 11.2 Å². The smallest absolute Gasteiger partial charge is 0.125 e. The Labute approximate surface area is 162 Å². The molecule has 0 heterocycles. The highest BCUT2D eigenvalue weighted by molar-refractivity contribution is 5.51. The average molecular weight is 365 g/mol. The molecule has 2 nitrogen and oxygen atoms in total. The lowest BCUT2D eigenvalue weighted by Crippen LogP contribution is -2.11. The molecular weight excluding hydrogens is 335 g/mol. The van der Waals surface area contributed by atoms with Crippen LogP contribution in [0.3, 0.4) is 0 Å². The summed E-state index contributed by atoms with van der Waals surface area (Å²) in [5, 5.41) is 6.59. The molecule has 0 fully saturated rings. The van der Waals surface area contributed by atoms with Crippen molar-refractivity contribution in [2.24, 2.45) is 5.41 Å². The lowest BCUT2D eigenvalue weighted by atomic mass is 9.97. The normalized spacial score (nSPS) is 16.6. The van der Waals surface area contributed by atoms with Gasteiger partial charge in [-0.15, -0.1) is 0 Å². The van der Waals surface area contributed by atoms with Crippen molar-refractivity contribution in [1.29, 1.82) is 0 Å². The summed E-state index contributed by atoms with van der Waals surface area (Å²) in [4.78, 5) is 0. The van der Waals surface area contributed by atoms with Crippen molar-refractivity contribution in [3.63, 3.8) is 0 Å². The molecule has 0 aliphatic heterocycles. The Kier molecular flexibility index (Phi) is 7.00. The molecule has 27 heavy (non-hydrogen) atoms. The molecule has 1 aromatic carbocycles. The molecule has 1 aromatic rings. The van der Waals surface area contributed by atoms with Gasteiger partial charge in [-0.1, -0.05) is 57.7 Å². The molecule has 3 heteroatoms. The maximum absolute atomic E-state index is 13.4. The van der Waals surface area contributed by atoms with Gasteiger partial charge in [-0.05, 0) is 55.3 Å². The van der Waals surface area contributed by atoms with Crippen LogP contribution in [0.5, 0.6) is 0 Å². The van der Waals surface area contributed by atoms with E-state index in [0.29, 0.717) is 11.4 Å². The molecule has 0 saturated carbocycles.